The summed E-state index contributed by atoms with van der Waals surface area (Å²) in [7, 11) is -4.34. The highest BCUT2D eigenvalue weighted by atomic mass is 31.2. The number of phosphoric acid groups is 1. The molecule has 0 spiro atoms. The average Bonchev–Trinajstić information content (AvgIpc) is 2.93. The number of H-pyrrole nitrogens is 1. The van der Waals surface area contributed by atoms with E-state index in [0.29, 0.717) is 0 Å². The van der Waals surface area contributed by atoms with Crippen LogP contribution in [0, 0.1) is 0 Å². The van der Waals surface area contributed by atoms with Crippen molar-refractivity contribution in [3.63, 3.8) is 0 Å². The second-order valence-electron chi connectivity index (χ2n) is 6.50. The lowest BCUT2D eigenvalue weighted by Crippen LogP contribution is -2.22. The van der Waals surface area contributed by atoms with Crippen LogP contribution >= 0.6 is 7.82 Å². The minimum Gasteiger partial charge on any atom is -0.379 e. The number of nitrogens with two attached hydrogens (primary N) is 1. The number of anilines is 1. The Balaban J connectivity index is 2.11. The molecule has 13 heteroatoms. The Labute approximate surface area is 161 Å². The van der Waals surface area contributed by atoms with Crippen molar-refractivity contribution < 1.29 is 28.0 Å². The van der Waals surface area contributed by atoms with Crippen molar-refractivity contribution in [2.45, 2.75) is 59.3 Å². The molecule has 28 heavy (non-hydrogen) atoms. The first kappa shape index (κ1) is 22.5. The fourth-order valence-corrected chi connectivity index (χ4v) is 3.28. The summed E-state index contributed by atoms with van der Waals surface area (Å²) >= 11 is 0. The van der Waals surface area contributed by atoms with Gasteiger partial charge in [0.1, 0.15) is 6.73 Å². The van der Waals surface area contributed by atoms with Crippen molar-refractivity contribution in [2.24, 2.45) is 0 Å². The minimum absolute atomic E-state index is 0.0232. The highest BCUT2D eigenvalue weighted by Gasteiger charge is 2.28. The number of fused-ring (bicyclic) bond motifs is 1. The quantitative estimate of drug-likeness (QED) is 0.358. The summed E-state index contributed by atoms with van der Waals surface area (Å²) in [4.78, 5) is 32.0. The van der Waals surface area contributed by atoms with Crippen LogP contribution in [0.1, 0.15) is 34.1 Å². The highest BCUT2D eigenvalue weighted by molar-refractivity contribution is 7.47. The predicted octanol–water partition coefficient (Wildman–Crippen LogP) is 1.36. The molecule has 0 aromatic carbocycles. The lowest BCUT2D eigenvalue weighted by Gasteiger charge is -2.22. The number of nitrogens with zero attached hydrogens (tertiary/aromatic N) is 3. The fourth-order valence-electron chi connectivity index (χ4n) is 2.23. The number of phosphoric ester groups is 1. The summed E-state index contributed by atoms with van der Waals surface area (Å²) in [5.41, 5.74) is 5.38. The van der Waals surface area contributed by atoms with Gasteiger partial charge >= 0.3 is 7.82 Å². The molecule has 1 unspecified atom stereocenters. The Bertz CT molecular complexity index is 881. The number of ether oxygens (including phenoxy) is 2. The number of hydrogen-bond donors (Lipinski definition) is 3. The van der Waals surface area contributed by atoms with Crippen LogP contribution in [0.3, 0.4) is 0 Å². The van der Waals surface area contributed by atoms with Crippen molar-refractivity contribution in [1.82, 2.24) is 19.5 Å². The van der Waals surface area contributed by atoms with Crippen LogP contribution < -0.4 is 11.3 Å². The third-order valence-corrected chi connectivity index (χ3v) is 4.48. The van der Waals surface area contributed by atoms with Crippen LogP contribution in [0.15, 0.2) is 11.1 Å². The fraction of sp³-hybridized carbons (Fsp3) is 0.667. The molecule has 2 rings (SSSR count). The summed E-state index contributed by atoms with van der Waals surface area (Å²) in [5.74, 6) is -0.0671. The van der Waals surface area contributed by atoms with Gasteiger partial charge in [0.25, 0.3) is 5.56 Å². The largest absolute Gasteiger partial charge is 0.474 e. The van der Waals surface area contributed by atoms with Gasteiger partial charge in [-0.05, 0) is 27.7 Å². The van der Waals surface area contributed by atoms with E-state index in [1.807, 2.05) is 13.8 Å². The van der Waals surface area contributed by atoms with Gasteiger partial charge in [-0.25, -0.2) is 9.55 Å². The van der Waals surface area contributed by atoms with Gasteiger partial charge in [0.2, 0.25) is 5.95 Å². The maximum absolute atomic E-state index is 12.1. The van der Waals surface area contributed by atoms with Gasteiger partial charge in [0.05, 0.1) is 25.1 Å². The second-order valence-corrected chi connectivity index (χ2v) is 7.86. The predicted molar refractivity (Wildman–Crippen MR) is 100 cm³/mol. The smallest absolute Gasteiger partial charge is 0.379 e. The number of aromatic amines is 1. The van der Waals surface area contributed by atoms with Crippen LogP contribution in [0.5, 0.6) is 0 Å². The monoisotopic (exact) mass is 419 g/mol. The molecular weight excluding hydrogens is 393 g/mol. The molecule has 0 bridgehead atoms. The average molecular weight is 419 g/mol. The summed E-state index contributed by atoms with van der Waals surface area (Å²) in [6.07, 6.45) is -0.126. The molecule has 2 aromatic rings. The van der Waals surface area contributed by atoms with E-state index < -0.39 is 25.8 Å². The molecule has 0 aliphatic carbocycles. The second kappa shape index (κ2) is 9.59. The Morgan fingerprint density at radius 1 is 1.25 bits per heavy atom. The molecule has 0 saturated carbocycles. The van der Waals surface area contributed by atoms with E-state index in [2.05, 4.69) is 15.0 Å². The number of nitrogen functional groups attached to an aromatic ring is 1. The van der Waals surface area contributed by atoms with E-state index >= 15 is 0 Å². The van der Waals surface area contributed by atoms with Crippen LogP contribution in [-0.4, -0.2) is 49.5 Å². The van der Waals surface area contributed by atoms with Gasteiger partial charge in [0.15, 0.2) is 17.5 Å². The molecule has 12 nitrogen and oxygen atoms in total. The lowest BCUT2D eigenvalue weighted by molar-refractivity contribution is -0.134. The standard InChI is InChI=1S/C15H26N5O7P/c1-9(2)24-6-5-11(27-28(22,23)26-10(3)4)25-8-20-7-17-12-13(20)18-15(16)19-14(12)21/h7,9-11H,5-6,8H2,1-4H3,(H,22,23)(H3,16,18,19,21)/t11-/m1/s1. The van der Waals surface area contributed by atoms with Crippen molar-refractivity contribution in [3.8, 4) is 0 Å². The van der Waals surface area contributed by atoms with Crippen molar-refractivity contribution in [3.05, 3.63) is 16.7 Å². The molecular formula is C15H26N5O7P. The first-order valence-electron chi connectivity index (χ1n) is 8.71. The summed E-state index contributed by atoms with van der Waals surface area (Å²) in [6.45, 7) is 7.02. The Kier molecular flexibility index (Phi) is 7.70. The SMILES string of the molecule is CC(C)OCC[C@H](OCn1cnc2c(=O)[nH]c(N)nc21)OP(=O)(O)OC(C)C. The third kappa shape index (κ3) is 6.66. The zero-order chi connectivity index (χ0) is 20.9. The highest BCUT2D eigenvalue weighted by Crippen LogP contribution is 2.46. The summed E-state index contributed by atoms with van der Waals surface area (Å²) in [5, 5.41) is 0. The molecule has 158 valence electrons. The molecule has 2 aromatic heterocycles. The van der Waals surface area contributed by atoms with Crippen molar-refractivity contribution >= 4 is 24.9 Å². The van der Waals surface area contributed by atoms with Crippen LogP contribution in [0.4, 0.5) is 5.95 Å². The van der Waals surface area contributed by atoms with E-state index in [9.17, 15) is 14.3 Å². The van der Waals surface area contributed by atoms with Gasteiger partial charge < -0.3 is 20.1 Å². The maximum atomic E-state index is 12.1. The molecule has 2 heterocycles. The number of hydrogen-bond acceptors (Lipinski definition) is 9. The third-order valence-electron chi connectivity index (χ3n) is 3.29. The molecule has 0 radical (unpaired) electrons. The Morgan fingerprint density at radius 2 is 1.96 bits per heavy atom. The van der Waals surface area contributed by atoms with E-state index in [1.165, 1.54) is 10.9 Å². The normalized spacial score (nSPS) is 15.4. The van der Waals surface area contributed by atoms with E-state index in [1.54, 1.807) is 13.8 Å². The van der Waals surface area contributed by atoms with Crippen molar-refractivity contribution in [1.29, 1.82) is 0 Å². The van der Waals surface area contributed by atoms with Gasteiger partial charge in [0, 0.05) is 6.42 Å². The minimum atomic E-state index is -4.34. The maximum Gasteiger partial charge on any atom is 0.474 e. The van der Waals surface area contributed by atoms with Gasteiger partial charge in [-0.1, -0.05) is 0 Å². The Morgan fingerprint density at radius 3 is 2.61 bits per heavy atom. The number of rotatable bonds is 11. The van der Waals surface area contributed by atoms with E-state index in [0.717, 1.165) is 0 Å². The zero-order valence-electron chi connectivity index (χ0n) is 16.2. The zero-order valence-corrected chi connectivity index (χ0v) is 17.1. The van der Waals surface area contributed by atoms with E-state index in [-0.39, 0.29) is 43.0 Å². The molecule has 0 fully saturated rings. The number of aromatic nitrogens is 4. The Hall–Kier alpha value is -1.82. The molecule has 4 N–H and O–H groups in total. The van der Waals surface area contributed by atoms with Gasteiger partial charge in [-0.15, -0.1) is 0 Å². The topological polar surface area (TPSA) is 164 Å². The first-order chi connectivity index (χ1) is 13.1. The molecule has 0 aliphatic heterocycles. The summed E-state index contributed by atoms with van der Waals surface area (Å²) in [6, 6.07) is 0. The lowest BCUT2D eigenvalue weighted by atomic mass is 10.4. The summed E-state index contributed by atoms with van der Waals surface area (Å²) < 4.78 is 34.6. The molecule has 0 aliphatic rings. The van der Waals surface area contributed by atoms with E-state index in [4.69, 9.17) is 24.3 Å². The molecule has 0 saturated heterocycles. The van der Waals surface area contributed by atoms with Gasteiger partial charge in [-0.2, -0.15) is 4.98 Å². The van der Waals surface area contributed by atoms with Crippen LogP contribution in [0.25, 0.3) is 11.2 Å². The van der Waals surface area contributed by atoms with Crippen LogP contribution in [-0.2, 0) is 29.8 Å². The number of imidazole rings is 1. The van der Waals surface area contributed by atoms with Crippen LogP contribution in [0.2, 0.25) is 0 Å². The molecule has 2 atom stereocenters. The number of nitrogens with one attached hydrogen (secondary N) is 1. The van der Waals surface area contributed by atoms with Crippen molar-refractivity contribution in [2.75, 3.05) is 12.3 Å². The van der Waals surface area contributed by atoms with Gasteiger partial charge in [-0.3, -0.25) is 23.4 Å². The first-order valence-corrected chi connectivity index (χ1v) is 10.2. The molecule has 0 amide bonds.